The zero-order valence-electron chi connectivity index (χ0n) is 17.4. The van der Waals surface area contributed by atoms with Crippen molar-refractivity contribution in [1.29, 1.82) is 0 Å². The van der Waals surface area contributed by atoms with E-state index in [0.717, 1.165) is 46.3 Å². The Labute approximate surface area is 190 Å². The summed E-state index contributed by atoms with van der Waals surface area (Å²) in [5.74, 6) is 0.719. The lowest BCUT2D eigenvalue weighted by molar-refractivity contribution is 0.102. The molecule has 0 spiro atoms. The molecule has 1 saturated heterocycles. The first kappa shape index (κ1) is 21.1. The van der Waals surface area contributed by atoms with Crippen molar-refractivity contribution >= 4 is 55.8 Å². The fourth-order valence-electron chi connectivity index (χ4n) is 4.19. The van der Waals surface area contributed by atoms with Crippen molar-refractivity contribution in [3.63, 3.8) is 0 Å². The van der Waals surface area contributed by atoms with Crippen LogP contribution in [0.15, 0.2) is 40.9 Å². The molecule has 4 nitrogen and oxygen atoms in total. The highest BCUT2D eigenvalue weighted by molar-refractivity contribution is 9.10. The number of hydrogen-bond donors (Lipinski definition) is 1. The smallest absolute Gasteiger partial charge is 0.256 e. The van der Waals surface area contributed by atoms with E-state index in [0.29, 0.717) is 16.3 Å². The number of benzene rings is 2. The molecule has 3 aromatic rings. The largest absolute Gasteiger partial charge is 0.356 e. The van der Waals surface area contributed by atoms with Crippen LogP contribution in [0.5, 0.6) is 0 Å². The summed E-state index contributed by atoms with van der Waals surface area (Å²) in [5.41, 5.74) is 3.16. The lowest BCUT2D eigenvalue weighted by atomic mass is 9.84. The van der Waals surface area contributed by atoms with Gasteiger partial charge in [-0.05, 0) is 61.6 Å². The zero-order chi connectivity index (χ0) is 21.5. The summed E-state index contributed by atoms with van der Waals surface area (Å²) in [7, 11) is 0. The van der Waals surface area contributed by atoms with E-state index < -0.39 is 0 Å². The molecule has 1 aliphatic rings. The second-order valence-corrected chi connectivity index (χ2v) is 10.0. The Morgan fingerprint density at radius 2 is 2.10 bits per heavy atom. The van der Waals surface area contributed by atoms with Gasteiger partial charge in [0.05, 0.1) is 11.1 Å². The van der Waals surface area contributed by atoms with E-state index in [-0.39, 0.29) is 11.3 Å². The van der Waals surface area contributed by atoms with Crippen molar-refractivity contribution in [2.24, 2.45) is 5.41 Å². The summed E-state index contributed by atoms with van der Waals surface area (Å²) >= 11 is 9.49. The number of fused-ring (bicyclic) bond motifs is 1. The van der Waals surface area contributed by atoms with Gasteiger partial charge in [-0.15, -0.1) is 0 Å². The van der Waals surface area contributed by atoms with Crippen molar-refractivity contribution in [2.75, 3.05) is 23.3 Å². The maximum absolute atomic E-state index is 13.4. The first-order chi connectivity index (χ1) is 14.2. The van der Waals surface area contributed by atoms with Gasteiger partial charge in [0.1, 0.15) is 5.82 Å². The third-order valence-electron chi connectivity index (χ3n) is 5.61. The normalized spacial score (nSPS) is 16.0. The van der Waals surface area contributed by atoms with E-state index in [4.69, 9.17) is 16.6 Å². The number of hydrogen-bond acceptors (Lipinski definition) is 3. The molecule has 0 bridgehead atoms. The van der Waals surface area contributed by atoms with Crippen LogP contribution in [-0.2, 0) is 0 Å². The molecule has 4 rings (SSSR count). The Balaban J connectivity index is 1.81. The average molecular weight is 486 g/mol. The summed E-state index contributed by atoms with van der Waals surface area (Å²) in [6.45, 7) is 8.44. The summed E-state index contributed by atoms with van der Waals surface area (Å²) in [6.07, 6.45) is 2.32. The van der Waals surface area contributed by atoms with Gasteiger partial charge in [-0.25, -0.2) is 4.98 Å². The van der Waals surface area contributed by atoms with Crippen LogP contribution in [0.4, 0.5) is 11.5 Å². The molecule has 0 unspecified atom stereocenters. The molecule has 2 aromatic carbocycles. The molecule has 0 atom stereocenters. The standard InChI is InChI=1S/C24H24BrClN3O/c1-15-21(23(30)27-18-8-6-17(26)7-9-18)19-13-16(25)5-10-20(19)28-22(15)29-12-4-11-24(2,3)14-29/h5-8,10,13H,4,11-12,14H2,1-3H3,(H,27,30). The van der Waals surface area contributed by atoms with Crippen molar-refractivity contribution in [2.45, 2.75) is 33.6 Å². The summed E-state index contributed by atoms with van der Waals surface area (Å²) in [4.78, 5) is 20.7. The number of pyridine rings is 1. The predicted molar refractivity (Wildman–Crippen MR) is 128 cm³/mol. The van der Waals surface area contributed by atoms with E-state index in [1.54, 1.807) is 18.2 Å². The second-order valence-electron chi connectivity index (χ2n) is 8.66. The highest BCUT2D eigenvalue weighted by Crippen LogP contribution is 2.36. The lowest BCUT2D eigenvalue weighted by Gasteiger charge is -2.39. The first-order valence-corrected chi connectivity index (χ1v) is 11.2. The van der Waals surface area contributed by atoms with Crippen LogP contribution < -0.4 is 10.2 Å². The number of carbonyl (C=O) groups is 1. The van der Waals surface area contributed by atoms with Gasteiger partial charge in [0.2, 0.25) is 0 Å². The number of carbonyl (C=O) groups excluding carboxylic acids is 1. The van der Waals surface area contributed by atoms with Crippen LogP contribution in [-0.4, -0.2) is 24.0 Å². The Bertz CT molecular complexity index is 1110. The third kappa shape index (κ3) is 4.33. The van der Waals surface area contributed by atoms with Gasteiger partial charge in [-0.3, -0.25) is 4.79 Å². The summed E-state index contributed by atoms with van der Waals surface area (Å²) < 4.78 is 0.912. The first-order valence-electron chi connectivity index (χ1n) is 10.1. The molecule has 1 aromatic heterocycles. The van der Waals surface area contributed by atoms with Crippen LogP contribution >= 0.6 is 27.5 Å². The minimum atomic E-state index is -0.172. The minimum absolute atomic E-state index is 0.172. The van der Waals surface area contributed by atoms with Crippen LogP contribution in [0.2, 0.25) is 5.02 Å². The van der Waals surface area contributed by atoms with Crippen molar-refractivity contribution < 1.29 is 4.79 Å². The molecule has 1 amide bonds. The third-order valence-corrected chi connectivity index (χ3v) is 6.34. The Hall–Kier alpha value is -2.11. The zero-order valence-corrected chi connectivity index (χ0v) is 19.7. The van der Waals surface area contributed by atoms with Gasteiger partial charge in [0, 0.05) is 45.3 Å². The Morgan fingerprint density at radius 1 is 1.30 bits per heavy atom. The van der Waals surface area contributed by atoms with Gasteiger partial charge < -0.3 is 10.2 Å². The van der Waals surface area contributed by atoms with Gasteiger partial charge in [-0.2, -0.15) is 0 Å². The molecular weight excluding hydrogens is 462 g/mol. The minimum Gasteiger partial charge on any atom is -0.356 e. The maximum atomic E-state index is 13.4. The second kappa shape index (κ2) is 8.20. The topological polar surface area (TPSA) is 45.2 Å². The average Bonchev–Trinajstić information content (AvgIpc) is 2.68. The Kier molecular flexibility index (Phi) is 5.78. The fraction of sp³-hybridized carbons (Fsp3) is 0.333. The van der Waals surface area contributed by atoms with Gasteiger partial charge >= 0.3 is 0 Å². The number of rotatable bonds is 3. The molecule has 1 radical (unpaired) electrons. The van der Waals surface area contributed by atoms with E-state index in [2.05, 4.69) is 46.1 Å². The predicted octanol–water partition coefficient (Wildman–Crippen LogP) is 6.64. The number of aromatic nitrogens is 1. The highest BCUT2D eigenvalue weighted by atomic mass is 79.9. The van der Waals surface area contributed by atoms with E-state index >= 15 is 0 Å². The summed E-state index contributed by atoms with van der Waals surface area (Å²) in [5, 5.41) is 4.38. The molecule has 155 valence electrons. The van der Waals surface area contributed by atoms with Crippen LogP contribution in [0.1, 0.15) is 42.6 Å². The molecule has 1 fully saturated rings. The SMILES string of the molecule is Cc1c(N2CCCC(C)(C)C2)nc2ccc(Br)cc2c1C(=O)Nc1[c]cc(Cl)cc1. The lowest BCUT2D eigenvalue weighted by Crippen LogP contribution is -2.41. The summed E-state index contributed by atoms with van der Waals surface area (Å²) in [6, 6.07) is 14.0. The van der Waals surface area contributed by atoms with E-state index in [9.17, 15) is 4.79 Å². The number of amides is 1. The Morgan fingerprint density at radius 3 is 2.80 bits per heavy atom. The molecule has 2 heterocycles. The highest BCUT2D eigenvalue weighted by Gasteiger charge is 2.29. The van der Waals surface area contributed by atoms with Crippen LogP contribution in [0, 0.1) is 18.4 Å². The molecule has 30 heavy (non-hydrogen) atoms. The van der Waals surface area contributed by atoms with Crippen molar-refractivity contribution in [3.8, 4) is 0 Å². The van der Waals surface area contributed by atoms with Crippen LogP contribution in [0.3, 0.4) is 0 Å². The molecule has 6 heteroatoms. The number of piperidine rings is 1. The number of anilines is 2. The maximum Gasteiger partial charge on any atom is 0.256 e. The van der Waals surface area contributed by atoms with Crippen molar-refractivity contribution in [1.82, 2.24) is 4.98 Å². The van der Waals surface area contributed by atoms with E-state index in [1.807, 2.05) is 25.1 Å². The van der Waals surface area contributed by atoms with Gasteiger partial charge in [-0.1, -0.05) is 41.4 Å². The quantitative estimate of drug-likeness (QED) is 0.452. The number of nitrogens with one attached hydrogen (secondary N) is 1. The van der Waals surface area contributed by atoms with Crippen LogP contribution in [0.25, 0.3) is 10.9 Å². The number of nitrogens with zero attached hydrogens (tertiary/aromatic N) is 2. The molecule has 1 aliphatic heterocycles. The van der Waals surface area contributed by atoms with Crippen molar-refractivity contribution in [3.05, 3.63) is 63.1 Å². The monoisotopic (exact) mass is 484 g/mol. The number of halogens is 2. The molecular formula is C24H24BrClN3O. The molecule has 1 N–H and O–H groups in total. The molecule has 0 aliphatic carbocycles. The molecule has 0 saturated carbocycles. The van der Waals surface area contributed by atoms with Gasteiger partial charge in [0.15, 0.2) is 0 Å². The van der Waals surface area contributed by atoms with E-state index in [1.165, 1.54) is 6.42 Å². The van der Waals surface area contributed by atoms with Gasteiger partial charge in [0.25, 0.3) is 5.91 Å². The fourth-order valence-corrected chi connectivity index (χ4v) is 4.67.